The van der Waals surface area contributed by atoms with Gasteiger partial charge < -0.3 is 14.2 Å². The number of thiocarbonyl (C=S) groups is 1. The molecule has 0 saturated carbocycles. The number of hydrogen-bond acceptors (Lipinski definition) is 6. The molecule has 0 atom stereocenters. The Morgan fingerprint density at radius 1 is 1.00 bits per heavy atom. The summed E-state index contributed by atoms with van der Waals surface area (Å²) in [6, 6.07) is 18.4. The number of aromatic nitrogens is 2. The number of nitrogens with zero attached hydrogens (tertiary/aromatic N) is 2. The number of anilines is 1. The fraction of sp³-hybridized carbons (Fsp3) is 0.0435. The molecule has 0 saturated heterocycles. The Kier molecular flexibility index (Phi) is 4.68. The van der Waals surface area contributed by atoms with Crippen LogP contribution in [-0.4, -0.2) is 21.0 Å². The smallest absolute Gasteiger partial charge is 0.293 e. The predicted octanol–water partition coefficient (Wildman–Crippen LogP) is 5.07. The minimum Gasteiger partial charge on any atom is -0.451 e. The number of para-hydroxylation sites is 1. The van der Waals surface area contributed by atoms with E-state index >= 15 is 0 Å². The second-order valence-corrected chi connectivity index (χ2v) is 7.34. The van der Waals surface area contributed by atoms with Crippen molar-refractivity contribution < 1.29 is 13.6 Å². The average molecular weight is 428 g/mol. The first-order valence-electron chi connectivity index (χ1n) is 9.50. The Labute approximate surface area is 182 Å². The van der Waals surface area contributed by atoms with E-state index in [9.17, 15) is 4.79 Å². The molecule has 5 rings (SSSR count). The van der Waals surface area contributed by atoms with Gasteiger partial charge in [0.05, 0.1) is 0 Å². The lowest BCUT2D eigenvalue weighted by atomic mass is 10.1. The third-order valence-corrected chi connectivity index (χ3v) is 4.98. The molecule has 1 amide bonds. The summed E-state index contributed by atoms with van der Waals surface area (Å²) in [5.74, 6) is 0.219. The Morgan fingerprint density at radius 2 is 1.84 bits per heavy atom. The molecule has 0 aliphatic heterocycles. The summed E-state index contributed by atoms with van der Waals surface area (Å²) < 4.78 is 11.4. The molecule has 3 aromatic heterocycles. The van der Waals surface area contributed by atoms with Gasteiger partial charge in [-0.05, 0) is 61.1 Å². The minimum absolute atomic E-state index is 0.157. The standard InChI is InChI=1S/C23H16N4O3S/c1-13-8-9-15(22-26-20-18(30-22)7-4-10-24-20)11-16(13)25-23(31)27-21(28)19-12-14-5-2-3-6-17(14)29-19/h2-12H,1H3,(H2,25,27,28,31). The van der Waals surface area contributed by atoms with Gasteiger partial charge in [0.25, 0.3) is 5.91 Å². The lowest BCUT2D eigenvalue weighted by Gasteiger charge is -2.12. The molecular weight excluding hydrogens is 412 g/mol. The first-order valence-corrected chi connectivity index (χ1v) is 9.91. The molecule has 2 aromatic carbocycles. The zero-order chi connectivity index (χ0) is 21.4. The lowest BCUT2D eigenvalue weighted by molar-refractivity contribution is 0.0953. The fourth-order valence-corrected chi connectivity index (χ4v) is 3.40. The van der Waals surface area contributed by atoms with Crippen LogP contribution in [0.4, 0.5) is 5.69 Å². The number of benzene rings is 2. The maximum Gasteiger partial charge on any atom is 0.293 e. The number of oxazole rings is 1. The molecule has 7 nitrogen and oxygen atoms in total. The van der Waals surface area contributed by atoms with Crippen molar-refractivity contribution in [3.63, 3.8) is 0 Å². The van der Waals surface area contributed by atoms with Crippen LogP contribution >= 0.6 is 12.2 Å². The molecule has 31 heavy (non-hydrogen) atoms. The van der Waals surface area contributed by atoms with Crippen molar-refractivity contribution in [3.05, 3.63) is 78.2 Å². The Bertz CT molecular complexity index is 1390. The Morgan fingerprint density at radius 3 is 2.68 bits per heavy atom. The van der Waals surface area contributed by atoms with Gasteiger partial charge in [0, 0.05) is 22.8 Å². The molecule has 3 heterocycles. The second kappa shape index (κ2) is 7.66. The molecule has 0 radical (unpaired) electrons. The third kappa shape index (κ3) is 3.76. The molecule has 0 bridgehead atoms. The summed E-state index contributed by atoms with van der Waals surface area (Å²) in [4.78, 5) is 21.1. The quantitative estimate of drug-likeness (QED) is 0.388. The van der Waals surface area contributed by atoms with Crippen LogP contribution in [0, 0.1) is 6.92 Å². The van der Waals surface area contributed by atoms with Gasteiger partial charge in [-0.15, -0.1) is 0 Å². The highest BCUT2D eigenvalue weighted by Crippen LogP contribution is 2.27. The number of rotatable bonds is 3. The van der Waals surface area contributed by atoms with Crippen molar-refractivity contribution in [3.8, 4) is 11.5 Å². The van der Waals surface area contributed by atoms with Gasteiger partial charge in [-0.25, -0.2) is 4.98 Å². The van der Waals surface area contributed by atoms with Crippen LogP contribution in [0.25, 0.3) is 33.7 Å². The van der Waals surface area contributed by atoms with E-state index in [2.05, 4.69) is 20.6 Å². The van der Waals surface area contributed by atoms with Crippen molar-refractivity contribution in [2.45, 2.75) is 6.92 Å². The van der Waals surface area contributed by atoms with E-state index in [-0.39, 0.29) is 10.9 Å². The van der Waals surface area contributed by atoms with Crippen LogP contribution in [0.5, 0.6) is 0 Å². The summed E-state index contributed by atoms with van der Waals surface area (Å²) >= 11 is 5.33. The van der Waals surface area contributed by atoms with Gasteiger partial charge >= 0.3 is 0 Å². The van der Waals surface area contributed by atoms with Crippen LogP contribution in [0.3, 0.4) is 0 Å². The molecule has 8 heteroatoms. The van der Waals surface area contributed by atoms with Crippen molar-refractivity contribution in [2.75, 3.05) is 5.32 Å². The maximum absolute atomic E-state index is 12.5. The van der Waals surface area contributed by atoms with Crippen molar-refractivity contribution in [1.29, 1.82) is 0 Å². The molecule has 0 aliphatic carbocycles. The molecule has 0 aliphatic rings. The monoisotopic (exact) mass is 428 g/mol. The largest absolute Gasteiger partial charge is 0.451 e. The number of carbonyl (C=O) groups excluding carboxylic acids is 1. The van der Waals surface area contributed by atoms with Crippen LogP contribution in [-0.2, 0) is 0 Å². The highest BCUT2D eigenvalue weighted by molar-refractivity contribution is 7.80. The van der Waals surface area contributed by atoms with Gasteiger partial charge in [-0.3, -0.25) is 10.1 Å². The zero-order valence-corrected chi connectivity index (χ0v) is 17.2. The van der Waals surface area contributed by atoms with E-state index in [1.165, 1.54) is 0 Å². The van der Waals surface area contributed by atoms with E-state index in [1.54, 1.807) is 24.4 Å². The summed E-state index contributed by atoms with van der Waals surface area (Å²) in [5.41, 5.74) is 4.23. The number of nitrogens with one attached hydrogen (secondary N) is 2. The molecular formula is C23H16N4O3S. The van der Waals surface area contributed by atoms with E-state index < -0.39 is 5.91 Å². The van der Waals surface area contributed by atoms with Gasteiger partial charge in [0.15, 0.2) is 22.1 Å². The second-order valence-electron chi connectivity index (χ2n) is 6.93. The van der Waals surface area contributed by atoms with Crippen molar-refractivity contribution in [1.82, 2.24) is 15.3 Å². The van der Waals surface area contributed by atoms with Gasteiger partial charge in [0.1, 0.15) is 5.58 Å². The van der Waals surface area contributed by atoms with Gasteiger partial charge in [-0.1, -0.05) is 24.3 Å². The minimum atomic E-state index is -0.424. The van der Waals surface area contributed by atoms with Crippen LogP contribution < -0.4 is 10.6 Å². The number of furan rings is 1. The molecule has 5 aromatic rings. The van der Waals surface area contributed by atoms with Crippen LogP contribution in [0.2, 0.25) is 0 Å². The summed E-state index contributed by atoms with van der Waals surface area (Å²) in [6.07, 6.45) is 1.67. The third-order valence-electron chi connectivity index (χ3n) is 4.77. The topological polar surface area (TPSA) is 93.2 Å². The summed E-state index contributed by atoms with van der Waals surface area (Å²) in [7, 11) is 0. The van der Waals surface area contributed by atoms with Crippen LogP contribution in [0.1, 0.15) is 16.1 Å². The number of amides is 1. The summed E-state index contributed by atoms with van der Waals surface area (Å²) in [6.45, 7) is 1.93. The molecule has 0 unspecified atom stereocenters. The Balaban J connectivity index is 1.34. The van der Waals surface area contributed by atoms with Gasteiger partial charge in [0.2, 0.25) is 5.89 Å². The van der Waals surface area contributed by atoms with E-state index in [0.29, 0.717) is 22.7 Å². The molecule has 152 valence electrons. The molecule has 2 N–H and O–H groups in total. The Hall–Kier alpha value is -4.04. The number of fused-ring (bicyclic) bond motifs is 2. The highest BCUT2D eigenvalue weighted by Gasteiger charge is 2.15. The SMILES string of the molecule is Cc1ccc(-c2nc3ncccc3o2)cc1NC(=S)NC(=O)c1cc2ccccc2o1. The number of pyridine rings is 1. The predicted molar refractivity (Wildman–Crippen MR) is 122 cm³/mol. The molecule has 0 fully saturated rings. The lowest BCUT2D eigenvalue weighted by Crippen LogP contribution is -2.34. The molecule has 0 spiro atoms. The van der Waals surface area contributed by atoms with E-state index in [1.807, 2.05) is 49.4 Å². The first kappa shape index (κ1) is 19.0. The average Bonchev–Trinajstić information content (AvgIpc) is 3.39. The number of aryl methyl sites for hydroxylation is 1. The number of carbonyl (C=O) groups is 1. The van der Waals surface area contributed by atoms with Gasteiger partial charge in [-0.2, -0.15) is 4.98 Å². The first-order chi connectivity index (χ1) is 15.1. The maximum atomic E-state index is 12.5. The zero-order valence-electron chi connectivity index (χ0n) is 16.4. The van der Waals surface area contributed by atoms with E-state index in [0.717, 1.165) is 22.2 Å². The van der Waals surface area contributed by atoms with E-state index in [4.69, 9.17) is 21.1 Å². The number of hydrogen-bond donors (Lipinski definition) is 2. The van der Waals surface area contributed by atoms with Crippen molar-refractivity contribution >= 4 is 51.1 Å². The normalized spacial score (nSPS) is 11.0. The highest BCUT2D eigenvalue weighted by atomic mass is 32.1. The fourth-order valence-electron chi connectivity index (χ4n) is 3.19. The van der Waals surface area contributed by atoms with Crippen LogP contribution in [0.15, 0.2) is 75.7 Å². The van der Waals surface area contributed by atoms with Crippen molar-refractivity contribution in [2.24, 2.45) is 0 Å². The summed E-state index contributed by atoms with van der Waals surface area (Å²) in [5, 5.41) is 6.72.